The number of nitrogen functional groups attached to an aromatic ring is 1. The fourth-order valence-electron chi connectivity index (χ4n) is 0.642. The summed E-state index contributed by atoms with van der Waals surface area (Å²) in [6.07, 6.45) is 0. The van der Waals surface area contributed by atoms with Gasteiger partial charge in [0, 0.05) is 11.8 Å². The second kappa shape index (κ2) is 2.44. The quantitative estimate of drug-likeness (QED) is 0.425. The largest absolute Gasteiger partial charge is 0.568 e. The summed E-state index contributed by atoms with van der Waals surface area (Å²) < 4.78 is 4.92. The van der Waals surface area contributed by atoms with Gasteiger partial charge in [0.1, 0.15) is 5.75 Å². The van der Waals surface area contributed by atoms with Crippen LogP contribution in [0.4, 0.5) is 5.69 Å². The normalized spacial score (nSPS) is 8.89. The number of anilines is 1. The molecule has 1 aromatic rings. The van der Waals surface area contributed by atoms with Crippen molar-refractivity contribution in [3.05, 3.63) is 24.3 Å². The van der Waals surface area contributed by atoms with Crippen molar-refractivity contribution in [2.24, 2.45) is 0 Å². The number of hydrogen-bond acceptors (Lipinski definition) is 2. The lowest BCUT2D eigenvalue weighted by Gasteiger charge is -1.98. The highest BCUT2D eigenvalue weighted by molar-refractivity contribution is 6.00. The molecule has 3 heteroatoms. The van der Waals surface area contributed by atoms with Gasteiger partial charge < -0.3 is 10.4 Å². The Hall–Kier alpha value is -1.12. The van der Waals surface area contributed by atoms with Crippen molar-refractivity contribution in [3.8, 4) is 5.75 Å². The Morgan fingerprint density at radius 1 is 1.44 bits per heavy atom. The molecule has 1 aromatic carbocycles. The maximum absolute atomic E-state index is 5.45. The minimum absolute atomic E-state index is 0.731. The number of nitrogens with two attached hydrogens (primary N) is 1. The maximum atomic E-state index is 5.45. The molecule has 0 spiro atoms. The van der Waals surface area contributed by atoms with Gasteiger partial charge in [-0.2, -0.15) is 0 Å². The van der Waals surface area contributed by atoms with Crippen molar-refractivity contribution >= 4 is 13.7 Å². The van der Waals surface area contributed by atoms with Crippen molar-refractivity contribution in [1.82, 2.24) is 0 Å². The summed E-state index contributed by atoms with van der Waals surface area (Å²) in [7, 11) is 1.62. The monoisotopic (exact) mass is 121 g/mol. The lowest BCUT2D eigenvalue weighted by Crippen LogP contribution is -1.87. The molecule has 46 valence electrons. The van der Waals surface area contributed by atoms with E-state index in [0.717, 1.165) is 11.4 Å². The zero-order valence-electron chi connectivity index (χ0n) is 5.29. The van der Waals surface area contributed by atoms with Crippen molar-refractivity contribution in [1.29, 1.82) is 0 Å². The third-order valence-electron chi connectivity index (χ3n) is 1.09. The molecule has 0 fully saturated rings. The van der Waals surface area contributed by atoms with E-state index in [4.69, 9.17) is 10.4 Å². The molecule has 2 N–H and O–H groups in total. The molecular formula is C6H8BNO. The minimum Gasteiger partial charge on any atom is -0.568 e. The van der Waals surface area contributed by atoms with E-state index in [1.807, 2.05) is 18.2 Å². The van der Waals surface area contributed by atoms with Crippen LogP contribution >= 0.6 is 0 Å². The first-order valence-corrected chi connectivity index (χ1v) is 2.72. The van der Waals surface area contributed by atoms with Crippen molar-refractivity contribution in [3.63, 3.8) is 0 Å². The van der Waals surface area contributed by atoms with Gasteiger partial charge in [0.2, 0.25) is 0 Å². The van der Waals surface area contributed by atoms with Gasteiger partial charge in [-0.3, -0.25) is 0 Å². The van der Waals surface area contributed by atoms with Gasteiger partial charge in [0.15, 0.2) is 0 Å². The Morgan fingerprint density at radius 2 is 2.22 bits per heavy atom. The van der Waals surface area contributed by atoms with E-state index in [0.29, 0.717) is 0 Å². The van der Waals surface area contributed by atoms with Crippen LogP contribution in [0, 0.1) is 0 Å². The highest BCUT2D eigenvalue weighted by Crippen LogP contribution is 2.12. The number of hydrogen-bond donors (Lipinski definition) is 1. The van der Waals surface area contributed by atoms with Crippen LogP contribution < -0.4 is 10.4 Å². The van der Waals surface area contributed by atoms with Crippen LogP contribution in [0.5, 0.6) is 5.75 Å². The summed E-state index contributed by atoms with van der Waals surface area (Å²) in [5, 5.41) is 0. The topological polar surface area (TPSA) is 35.2 Å². The Morgan fingerprint density at radius 3 is 2.67 bits per heavy atom. The SMILES string of the molecule is BOc1cccc(N)c1. The van der Waals surface area contributed by atoms with E-state index >= 15 is 0 Å². The standard InChI is InChI=1S/C6H8BNO/c7-9-6-3-1-2-5(8)4-6/h1-4H,7-8H2. The van der Waals surface area contributed by atoms with Crippen molar-refractivity contribution in [2.75, 3.05) is 5.73 Å². The average molecular weight is 121 g/mol. The zero-order chi connectivity index (χ0) is 6.69. The Labute approximate surface area is 55.1 Å². The molecule has 1 rings (SSSR count). The molecule has 0 unspecified atom stereocenters. The Balaban J connectivity index is 2.94. The van der Waals surface area contributed by atoms with Gasteiger partial charge in [-0.1, -0.05) is 6.07 Å². The fraction of sp³-hybridized carbons (Fsp3) is 0. The predicted octanol–water partition coefficient (Wildman–Crippen LogP) is 0.196. The van der Waals surface area contributed by atoms with Crippen LogP contribution in [-0.2, 0) is 0 Å². The number of benzene rings is 1. The molecule has 0 aliphatic rings. The van der Waals surface area contributed by atoms with Crippen LogP contribution in [0.25, 0.3) is 0 Å². The molecule has 0 saturated carbocycles. The second-order valence-corrected chi connectivity index (χ2v) is 1.78. The summed E-state index contributed by atoms with van der Waals surface area (Å²) in [6.45, 7) is 0. The van der Waals surface area contributed by atoms with E-state index < -0.39 is 0 Å². The third kappa shape index (κ3) is 1.39. The molecule has 0 bridgehead atoms. The summed E-state index contributed by atoms with van der Waals surface area (Å²) in [6, 6.07) is 7.31. The first-order chi connectivity index (χ1) is 4.33. The van der Waals surface area contributed by atoms with Crippen molar-refractivity contribution in [2.45, 2.75) is 0 Å². The smallest absolute Gasteiger partial charge is 0.322 e. The maximum Gasteiger partial charge on any atom is 0.322 e. The average Bonchev–Trinajstić information content (AvgIpc) is 1.88. The van der Waals surface area contributed by atoms with Gasteiger partial charge in [0.25, 0.3) is 0 Å². The van der Waals surface area contributed by atoms with Crippen molar-refractivity contribution < 1.29 is 4.65 Å². The fourth-order valence-corrected chi connectivity index (χ4v) is 0.642. The second-order valence-electron chi connectivity index (χ2n) is 1.78. The number of rotatable bonds is 1. The summed E-state index contributed by atoms with van der Waals surface area (Å²) in [5.74, 6) is 0.801. The van der Waals surface area contributed by atoms with Crippen LogP contribution in [-0.4, -0.2) is 8.05 Å². The van der Waals surface area contributed by atoms with E-state index in [-0.39, 0.29) is 0 Å². The van der Waals surface area contributed by atoms with Crippen LogP contribution in [0.3, 0.4) is 0 Å². The molecule has 0 amide bonds. The molecule has 0 atom stereocenters. The molecule has 0 aliphatic carbocycles. The van der Waals surface area contributed by atoms with Crippen LogP contribution in [0.1, 0.15) is 0 Å². The highest BCUT2D eigenvalue weighted by atomic mass is 16.4. The summed E-state index contributed by atoms with van der Waals surface area (Å²) in [5.41, 5.74) is 6.19. The summed E-state index contributed by atoms with van der Waals surface area (Å²) >= 11 is 0. The lowest BCUT2D eigenvalue weighted by molar-refractivity contribution is 0.617. The van der Waals surface area contributed by atoms with Crippen LogP contribution in [0.2, 0.25) is 0 Å². The predicted molar refractivity (Wildman–Crippen MR) is 40.0 cm³/mol. The molecule has 0 heterocycles. The summed E-state index contributed by atoms with van der Waals surface area (Å²) in [4.78, 5) is 0. The van der Waals surface area contributed by atoms with E-state index in [9.17, 15) is 0 Å². The van der Waals surface area contributed by atoms with Gasteiger partial charge in [0.05, 0.1) is 0 Å². The molecular weight excluding hydrogens is 113 g/mol. The van der Waals surface area contributed by atoms with Gasteiger partial charge in [-0.15, -0.1) is 0 Å². The molecule has 2 nitrogen and oxygen atoms in total. The first-order valence-electron chi connectivity index (χ1n) is 2.72. The first kappa shape index (κ1) is 6.01. The molecule has 9 heavy (non-hydrogen) atoms. The third-order valence-corrected chi connectivity index (χ3v) is 1.09. The Bertz CT molecular complexity index is 202. The van der Waals surface area contributed by atoms with Crippen LogP contribution in [0.15, 0.2) is 24.3 Å². The minimum atomic E-state index is 0.731. The Kier molecular flexibility index (Phi) is 1.63. The van der Waals surface area contributed by atoms with E-state index in [1.165, 1.54) is 0 Å². The molecule has 0 radical (unpaired) electrons. The van der Waals surface area contributed by atoms with E-state index in [1.54, 1.807) is 14.1 Å². The molecule has 0 saturated heterocycles. The van der Waals surface area contributed by atoms with Gasteiger partial charge in [-0.25, -0.2) is 0 Å². The van der Waals surface area contributed by atoms with E-state index in [2.05, 4.69) is 0 Å². The molecule has 0 aliphatic heterocycles. The van der Waals surface area contributed by atoms with Gasteiger partial charge >= 0.3 is 8.05 Å². The van der Waals surface area contributed by atoms with Gasteiger partial charge in [-0.05, 0) is 12.1 Å². The zero-order valence-corrected chi connectivity index (χ0v) is 5.29. The lowest BCUT2D eigenvalue weighted by atomic mass is 10.3. The molecule has 0 aromatic heterocycles. The highest BCUT2D eigenvalue weighted by Gasteiger charge is 1.86.